The Morgan fingerprint density at radius 3 is 2.71 bits per heavy atom. The summed E-state index contributed by atoms with van der Waals surface area (Å²) in [6, 6.07) is 7.72. The van der Waals surface area contributed by atoms with Crippen LogP contribution < -0.4 is 5.56 Å². The molecule has 0 bridgehead atoms. The lowest BCUT2D eigenvalue weighted by Crippen LogP contribution is -2.24. The molecule has 5 nitrogen and oxygen atoms in total. The third-order valence-corrected chi connectivity index (χ3v) is 5.73. The van der Waals surface area contributed by atoms with Gasteiger partial charge in [-0.2, -0.15) is 11.8 Å². The van der Waals surface area contributed by atoms with E-state index in [-0.39, 0.29) is 5.56 Å². The van der Waals surface area contributed by atoms with Gasteiger partial charge in [-0.3, -0.25) is 13.8 Å². The molecule has 3 aromatic rings. The topological polar surface area (TPSA) is 52.2 Å². The number of para-hydroxylation sites is 1. The fraction of sp³-hybridized carbons (Fsp3) is 0.471. The van der Waals surface area contributed by atoms with Gasteiger partial charge in [-0.25, -0.2) is 0 Å². The third kappa shape index (κ3) is 3.32. The maximum atomic E-state index is 12.9. The summed E-state index contributed by atoms with van der Waals surface area (Å²) >= 11 is 3.50. The molecule has 2 aromatic heterocycles. The number of aryl methyl sites for hydroxylation is 1. The summed E-state index contributed by atoms with van der Waals surface area (Å²) in [6.45, 7) is 4.99. The average molecular weight is 363 g/mol. The van der Waals surface area contributed by atoms with Crippen LogP contribution in [0.5, 0.6) is 0 Å². The van der Waals surface area contributed by atoms with Crippen LogP contribution in [0.15, 0.2) is 34.2 Å². The number of rotatable bonds is 7. The van der Waals surface area contributed by atoms with E-state index >= 15 is 0 Å². The molecule has 0 amide bonds. The van der Waals surface area contributed by atoms with E-state index < -0.39 is 0 Å². The van der Waals surface area contributed by atoms with Gasteiger partial charge in [-0.15, -0.1) is 10.2 Å². The zero-order chi connectivity index (χ0) is 17.1. The lowest BCUT2D eigenvalue weighted by Gasteiger charge is -2.12. The van der Waals surface area contributed by atoms with Crippen LogP contribution in [0.1, 0.15) is 20.3 Å². The van der Waals surface area contributed by atoms with Gasteiger partial charge < -0.3 is 0 Å². The Bertz CT molecular complexity index is 901. The fourth-order valence-electron chi connectivity index (χ4n) is 2.63. The summed E-state index contributed by atoms with van der Waals surface area (Å²) in [5, 5.41) is 10.3. The number of hydrogen-bond acceptors (Lipinski definition) is 5. The van der Waals surface area contributed by atoms with E-state index in [9.17, 15) is 4.79 Å². The van der Waals surface area contributed by atoms with Crippen LogP contribution in [0, 0.1) is 5.92 Å². The molecule has 0 fully saturated rings. The van der Waals surface area contributed by atoms with Gasteiger partial charge in [0, 0.05) is 18.1 Å². The monoisotopic (exact) mass is 362 g/mol. The van der Waals surface area contributed by atoms with Crippen molar-refractivity contribution < 1.29 is 0 Å². The van der Waals surface area contributed by atoms with E-state index in [1.807, 2.05) is 40.4 Å². The van der Waals surface area contributed by atoms with Crippen molar-refractivity contribution in [3.63, 3.8) is 0 Å². The summed E-state index contributed by atoms with van der Waals surface area (Å²) in [7, 11) is 0. The first-order valence-corrected chi connectivity index (χ1v) is 10.5. The van der Waals surface area contributed by atoms with Crippen molar-refractivity contribution in [1.82, 2.24) is 19.2 Å². The van der Waals surface area contributed by atoms with Gasteiger partial charge in [-0.05, 0) is 30.7 Å². The molecular weight excluding hydrogens is 340 g/mol. The molecule has 0 spiro atoms. The van der Waals surface area contributed by atoms with Crippen molar-refractivity contribution in [2.45, 2.75) is 32.0 Å². The number of benzene rings is 1. The second kappa shape index (κ2) is 7.61. The Hall–Kier alpha value is -1.47. The number of aromatic nitrogens is 4. The zero-order valence-electron chi connectivity index (χ0n) is 14.2. The summed E-state index contributed by atoms with van der Waals surface area (Å²) in [5.74, 6) is 3.21. The highest BCUT2D eigenvalue weighted by atomic mass is 32.2. The van der Waals surface area contributed by atoms with E-state index in [2.05, 4.69) is 30.3 Å². The first-order chi connectivity index (χ1) is 11.6. The largest absolute Gasteiger partial charge is 0.276 e. The molecular formula is C17H22N4OS2. The summed E-state index contributed by atoms with van der Waals surface area (Å²) in [4.78, 5) is 12.9. The van der Waals surface area contributed by atoms with Crippen LogP contribution in [0.4, 0.5) is 0 Å². The molecule has 1 aromatic carbocycles. The van der Waals surface area contributed by atoms with Crippen LogP contribution in [-0.2, 0) is 6.54 Å². The first kappa shape index (κ1) is 17.4. The van der Waals surface area contributed by atoms with Gasteiger partial charge in [0.2, 0.25) is 5.78 Å². The van der Waals surface area contributed by atoms with Gasteiger partial charge in [0.1, 0.15) is 0 Å². The second-order valence-corrected chi connectivity index (χ2v) is 8.16. The van der Waals surface area contributed by atoms with Crippen molar-refractivity contribution in [2.24, 2.45) is 5.92 Å². The standard InChI is InChI=1S/C17H22N4OS2/c1-12(2)8-9-20-15(22)13-6-4-5-7-14(13)21-16(20)18-19-17(21)24-11-10-23-3/h4-7,12H,8-11H2,1-3H3. The smallest absolute Gasteiger partial charge is 0.262 e. The highest BCUT2D eigenvalue weighted by molar-refractivity contribution is 8.02. The Kier molecular flexibility index (Phi) is 5.50. The molecule has 0 saturated heterocycles. The van der Waals surface area contributed by atoms with Crippen LogP contribution in [0.25, 0.3) is 16.7 Å². The quantitative estimate of drug-likeness (QED) is 0.475. The molecule has 0 saturated carbocycles. The van der Waals surface area contributed by atoms with Crippen molar-refractivity contribution in [3.8, 4) is 0 Å². The number of thioether (sulfide) groups is 2. The van der Waals surface area contributed by atoms with Crippen molar-refractivity contribution in [3.05, 3.63) is 34.6 Å². The maximum absolute atomic E-state index is 12.9. The van der Waals surface area contributed by atoms with Crippen molar-refractivity contribution in [1.29, 1.82) is 0 Å². The SMILES string of the molecule is CSCCSc1nnc2n(CCC(C)C)c(=O)c3ccccc3n12. The maximum Gasteiger partial charge on any atom is 0.262 e. The predicted molar refractivity (Wildman–Crippen MR) is 103 cm³/mol. The lowest BCUT2D eigenvalue weighted by atomic mass is 10.1. The highest BCUT2D eigenvalue weighted by Gasteiger charge is 2.16. The Morgan fingerprint density at radius 2 is 1.96 bits per heavy atom. The van der Waals surface area contributed by atoms with Crippen LogP contribution in [0.2, 0.25) is 0 Å². The molecule has 0 aliphatic rings. The molecule has 0 aliphatic carbocycles. The molecule has 0 radical (unpaired) electrons. The van der Waals surface area contributed by atoms with Gasteiger partial charge in [0.15, 0.2) is 5.16 Å². The molecule has 3 rings (SSSR count). The van der Waals surface area contributed by atoms with Gasteiger partial charge in [-0.1, -0.05) is 37.7 Å². The van der Waals surface area contributed by atoms with Crippen molar-refractivity contribution >= 4 is 40.2 Å². The minimum Gasteiger partial charge on any atom is -0.276 e. The summed E-state index contributed by atoms with van der Waals surface area (Å²) in [5.41, 5.74) is 0.904. The van der Waals surface area contributed by atoms with Crippen LogP contribution >= 0.6 is 23.5 Å². The molecule has 0 unspecified atom stereocenters. The van der Waals surface area contributed by atoms with Gasteiger partial charge >= 0.3 is 0 Å². The fourth-order valence-corrected chi connectivity index (χ4v) is 4.22. The number of hydrogen-bond donors (Lipinski definition) is 0. The van der Waals surface area contributed by atoms with Crippen LogP contribution in [-0.4, -0.2) is 36.9 Å². The molecule has 0 atom stereocenters. The highest BCUT2D eigenvalue weighted by Crippen LogP contribution is 2.22. The van der Waals surface area contributed by atoms with Gasteiger partial charge in [0.25, 0.3) is 5.56 Å². The normalized spacial score (nSPS) is 11.8. The van der Waals surface area contributed by atoms with E-state index in [0.29, 0.717) is 18.2 Å². The minimum atomic E-state index is 0.0202. The Balaban J connectivity index is 2.19. The molecule has 0 N–H and O–H groups in total. The lowest BCUT2D eigenvalue weighted by molar-refractivity contribution is 0.512. The number of nitrogens with zero attached hydrogens (tertiary/aromatic N) is 4. The predicted octanol–water partition coefficient (Wildman–Crippen LogP) is 3.55. The van der Waals surface area contributed by atoms with E-state index in [4.69, 9.17) is 0 Å². The summed E-state index contributed by atoms with van der Waals surface area (Å²) in [6.07, 6.45) is 3.04. The van der Waals surface area contributed by atoms with E-state index in [1.165, 1.54) is 0 Å². The molecule has 128 valence electrons. The van der Waals surface area contributed by atoms with E-state index in [0.717, 1.165) is 34.0 Å². The summed E-state index contributed by atoms with van der Waals surface area (Å²) < 4.78 is 3.80. The first-order valence-electron chi connectivity index (χ1n) is 8.12. The zero-order valence-corrected chi connectivity index (χ0v) is 15.9. The van der Waals surface area contributed by atoms with E-state index in [1.54, 1.807) is 16.3 Å². The minimum absolute atomic E-state index is 0.0202. The average Bonchev–Trinajstić information content (AvgIpc) is 2.99. The molecule has 0 aliphatic heterocycles. The Morgan fingerprint density at radius 1 is 1.17 bits per heavy atom. The molecule has 2 heterocycles. The van der Waals surface area contributed by atoms with Gasteiger partial charge in [0.05, 0.1) is 10.9 Å². The van der Waals surface area contributed by atoms with Crippen molar-refractivity contribution in [2.75, 3.05) is 17.8 Å². The van der Waals surface area contributed by atoms with Crippen LogP contribution in [0.3, 0.4) is 0 Å². The molecule has 24 heavy (non-hydrogen) atoms. The third-order valence-electron chi connectivity index (χ3n) is 3.93. The number of fused-ring (bicyclic) bond motifs is 3. The molecule has 7 heteroatoms. The Labute approximate surface area is 149 Å². The second-order valence-electron chi connectivity index (χ2n) is 6.12.